The average molecular weight is 212 g/mol. The summed E-state index contributed by atoms with van der Waals surface area (Å²) in [7, 11) is 0. The number of nitrogens with one attached hydrogen (secondary N) is 1. The number of epoxide rings is 1. The van der Waals surface area contributed by atoms with Crippen LogP contribution in [0.4, 0.5) is 0 Å². The number of benzene rings is 1. The van der Waals surface area contributed by atoms with E-state index in [1.807, 2.05) is 0 Å². The molecule has 4 heteroatoms. The molecular weight excluding hydrogens is 202 g/mol. The van der Waals surface area contributed by atoms with E-state index in [4.69, 9.17) is 16.3 Å². The van der Waals surface area contributed by atoms with Crippen molar-refractivity contribution in [2.75, 3.05) is 13.2 Å². The standard InChI is InChI=1S/C10H10ClNO2/c11-8-3-1-7(2-4-8)10(13)12-5-9-6-14-9/h1-4,9H,5-6H2,(H,12,13). The van der Waals surface area contributed by atoms with Crippen molar-refractivity contribution in [2.45, 2.75) is 6.10 Å². The normalized spacial score (nSPS) is 19.1. The summed E-state index contributed by atoms with van der Waals surface area (Å²) < 4.78 is 4.98. The Hall–Kier alpha value is -1.06. The number of halogens is 1. The van der Waals surface area contributed by atoms with Crippen LogP contribution >= 0.6 is 11.6 Å². The van der Waals surface area contributed by atoms with Crippen LogP contribution in [0.1, 0.15) is 10.4 Å². The van der Waals surface area contributed by atoms with Crippen LogP contribution in [0.3, 0.4) is 0 Å². The first-order valence-electron chi connectivity index (χ1n) is 4.41. The van der Waals surface area contributed by atoms with Gasteiger partial charge in [0.05, 0.1) is 12.7 Å². The van der Waals surface area contributed by atoms with E-state index in [9.17, 15) is 4.79 Å². The van der Waals surface area contributed by atoms with Crippen LogP contribution in [0.25, 0.3) is 0 Å². The Kier molecular flexibility index (Phi) is 2.70. The largest absolute Gasteiger partial charge is 0.371 e. The summed E-state index contributed by atoms with van der Waals surface area (Å²) in [4.78, 5) is 11.5. The maximum absolute atomic E-state index is 11.5. The smallest absolute Gasteiger partial charge is 0.251 e. The molecule has 1 amide bonds. The molecule has 1 saturated heterocycles. The fourth-order valence-corrected chi connectivity index (χ4v) is 1.22. The molecule has 1 aliphatic heterocycles. The lowest BCUT2D eigenvalue weighted by atomic mass is 10.2. The maximum Gasteiger partial charge on any atom is 0.251 e. The van der Waals surface area contributed by atoms with E-state index in [-0.39, 0.29) is 12.0 Å². The summed E-state index contributed by atoms with van der Waals surface area (Å²) >= 11 is 5.70. The van der Waals surface area contributed by atoms with Gasteiger partial charge in [-0.25, -0.2) is 0 Å². The molecule has 0 spiro atoms. The number of hydrogen-bond donors (Lipinski definition) is 1. The highest BCUT2D eigenvalue weighted by atomic mass is 35.5. The minimum Gasteiger partial charge on any atom is -0.371 e. The van der Waals surface area contributed by atoms with E-state index in [0.29, 0.717) is 17.1 Å². The molecule has 3 nitrogen and oxygen atoms in total. The van der Waals surface area contributed by atoms with Gasteiger partial charge in [0, 0.05) is 17.1 Å². The first kappa shape index (κ1) is 9.49. The second kappa shape index (κ2) is 3.98. The van der Waals surface area contributed by atoms with E-state index in [0.717, 1.165) is 6.61 Å². The molecule has 2 rings (SSSR count). The van der Waals surface area contributed by atoms with Crippen molar-refractivity contribution in [2.24, 2.45) is 0 Å². The molecule has 0 saturated carbocycles. The van der Waals surface area contributed by atoms with Crippen LogP contribution in [-0.4, -0.2) is 25.2 Å². The molecule has 1 fully saturated rings. The van der Waals surface area contributed by atoms with Gasteiger partial charge in [-0.15, -0.1) is 0 Å². The SMILES string of the molecule is O=C(NCC1CO1)c1ccc(Cl)cc1. The molecule has 1 aliphatic rings. The van der Waals surface area contributed by atoms with Crippen molar-refractivity contribution in [3.8, 4) is 0 Å². The van der Waals surface area contributed by atoms with E-state index < -0.39 is 0 Å². The highest BCUT2D eigenvalue weighted by molar-refractivity contribution is 6.30. The molecule has 1 unspecified atom stereocenters. The van der Waals surface area contributed by atoms with Gasteiger partial charge in [-0.05, 0) is 24.3 Å². The maximum atomic E-state index is 11.5. The van der Waals surface area contributed by atoms with Crippen molar-refractivity contribution in [1.82, 2.24) is 5.32 Å². The van der Waals surface area contributed by atoms with Gasteiger partial charge in [-0.2, -0.15) is 0 Å². The van der Waals surface area contributed by atoms with Crippen LogP contribution < -0.4 is 5.32 Å². The molecular formula is C10H10ClNO2. The van der Waals surface area contributed by atoms with E-state index >= 15 is 0 Å². The molecule has 1 N–H and O–H groups in total. The lowest BCUT2D eigenvalue weighted by Crippen LogP contribution is -2.27. The molecule has 1 aromatic carbocycles. The molecule has 0 aromatic heterocycles. The monoisotopic (exact) mass is 211 g/mol. The summed E-state index contributed by atoms with van der Waals surface area (Å²) in [5, 5.41) is 3.40. The Labute approximate surface area is 87.0 Å². The first-order valence-corrected chi connectivity index (χ1v) is 4.79. The Morgan fingerprint density at radius 3 is 2.71 bits per heavy atom. The molecule has 1 heterocycles. The van der Waals surface area contributed by atoms with Crippen molar-refractivity contribution in [1.29, 1.82) is 0 Å². The predicted octanol–water partition coefficient (Wildman–Crippen LogP) is 1.47. The summed E-state index contributed by atoms with van der Waals surface area (Å²) in [5.74, 6) is -0.0860. The van der Waals surface area contributed by atoms with Crippen molar-refractivity contribution < 1.29 is 9.53 Å². The van der Waals surface area contributed by atoms with Gasteiger partial charge in [0.2, 0.25) is 0 Å². The topological polar surface area (TPSA) is 41.6 Å². The quantitative estimate of drug-likeness (QED) is 0.770. The summed E-state index contributed by atoms with van der Waals surface area (Å²) in [6.45, 7) is 1.34. The zero-order valence-electron chi connectivity index (χ0n) is 7.50. The van der Waals surface area contributed by atoms with Gasteiger partial charge in [0.1, 0.15) is 0 Å². The molecule has 14 heavy (non-hydrogen) atoms. The third kappa shape index (κ3) is 2.47. The highest BCUT2D eigenvalue weighted by Gasteiger charge is 2.22. The highest BCUT2D eigenvalue weighted by Crippen LogP contribution is 2.10. The molecule has 1 aromatic rings. The van der Waals surface area contributed by atoms with Gasteiger partial charge in [0.15, 0.2) is 0 Å². The number of ether oxygens (including phenoxy) is 1. The van der Waals surface area contributed by atoms with E-state index in [2.05, 4.69) is 5.32 Å². The number of amides is 1. The van der Waals surface area contributed by atoms with Gasteiger partial charge in [-0.1, -0.05) is 11.6 Å². The zero-order valence-corrected chi connectivity index (χ0v) is 8.25. The van der Waals surface area contributed by atoms with Gasteiger partial charge < -0.3 is 10.1 Å². The average Bonchev–Trinajstić information content (AvgIpc) is 2.99. The van der Waals surface area contributed by atoms with Crippen LogP contribution in [0.5, 0.6) is 0 Å². The summed E-state index contributed by atoms with van der Waals surface area (Å²) in [6, 6.07) is 6.80. The molecule has 0 aliphatic carbocycles. The van der Waals surface area contributed by atoms with Crippen molar-refractivity contribution in [3.63, 3.8) is 0 Å². The fourth-order valence-electron chi connectivity index (χ4n) is 1.10. The van der Waals surface area contributed by atoms with E-state index in [1.54, 1.807) is 24.3 Å². The van der Waals surface area contributed by atoms with Crippen LogP contribution in [0, 0.1) is 0 Å². The minimum absolute atomic E-state index is 0.0860. The summed E-state index contributed by atoms with van der Waals surface area (Å²) in [5.41, 5.74) is 0.620. The molecule has 74 valence electrons. The van der Waals surface area contributed by atoms with E-state index in [1.165, 1.54) is 0 Å². The zero-order chi connectivity index (χ0) is 9.97. The molecule has 0 radical (unpaired) electrons. The van der Waals surface area contributed by atoms with Crippen LogP contribution in [0.15, 0.2) is 24.3 Å². The van der Waals surface area contributed by atoms with Gasteiger partial charge in [-0.3, -0.25) is 4.79 Å². The second-order valence-corrected chi connectivity index (χ2v) is 3.61. The Balaban J connectivity index is 1.92. The third-order valence-corrected chi connectivity index (χ3v) is 2.25. The predicted molar refractivity (Wildman–Crippen MR) is 53.5 cm³/mol. The molecule has 0 bridgehead atoms. The lowest BCUT2D eigenvalue weighted by molar-refractivity contribution is 0.0950. The van der Waals surface area contributed by atoms with Crippen LogP contribution in [-0.2, 0) is 4.74 Å². The second-order valence-electron chi connectivity index (χ2n) is 3.17. The van der Waals surface area contributed by atoms with Crippen molar-refractivity contribution >= 4 is 17.5 Å². The van der Waals surface area contributed by atoms with Gasteiger partial charge >= 0.3 is 0 Å². The van der Waals surface area contributed by atoms with Crippen LogP contribution in [0.2, 0.25) is 5.02 Å². The fraction of sp³-hybridized carbons (Fsp3) is 0.300. The summed E-state index contributed by atoms with van der Waals surface area (Å²) in [6.07, 6.45) is 0.214. The van der Waals surface area contributed by atoms with Gasteiger partial charge in [0.25, 0.3) is 5.91 Å². The first-order chi connectivity index (χ1) is 6.75. The third-order valence-electron chi connectivity index (χ3n) is 2.00. The lowest BCUT2D eigenvalue weighted by Gasteiger charge is -2.02. The Morgan fingerprint density at radius 1 is 1.50 bits per heavy atom. The number of rotatable bonds is 3. The number of carbonyl (C=O) groups excluding carboxylic acids is 1. The number of carbonyl (C=O) groups is 1. The Morgan fingerprint density at radius 2 is 2.14 bits per heavy atom. The van der Waals surface area contributed by atoms with Crippen molar-refractivity contribution in [3.05, 3.63) is 34.9 Å². The minimum atomic E-state index is -0.0860. The Bertz CT molecular complexity index is 332. The molecule has 1 atom stereocenters. The number of hydrogen-bond acceptors (Lipinski definition) is 2.